The van der Waals surface area contributed by atoms with Gasteiger partial charge >= 0.3 is 5.97 Å². The number of piperidine rings is 1. The van der Waals surface area contributed by atoms with Crippen molar-refractivity contribution in [2.45, 2.75) is 46.0 Å². The number of nitrogens with zero attached hydrogens (tertiary/aromatic N) is 1. The summed E-state index contributed by atoms with van der Waals surface area (Å²) < 4.78 is 23.4. The fourth-order valence-electron chi connectivity index (χ4n) is 2.94. The summed E-state index contributed by atoms with van der Waals surface area (Å²) in [5.74, 6) is -0.262. The summed E-state index contributed by atoms with van der Waals surface area (Å²) >= 11 is 0. The minimum atomic E-state index is -2.94. The van der Waals surface area contributed by atoms with Gasteiger partial charge in [0.2, 0.25) is 0 Å². The summed E-state index contributed by atoms with van der Waals surface area (Å²) in [4.78, 5) is 13.5. The van der Waals surface area contributed by atoms with E-state index in [4.69, 9.17) is 0 Å². The van der Waals surface area contributed by atoms with Crippen molar-refractivity contribution in [3.63, 3.8) is 0 Å². The number of likely N-dealkylation sites (tertiary alicyclic amines) is 1. The lowest BCUT2D eigenvalue weighted by Gasteiger charge is -2.38. The van der Waals surface area contributed by atoms with Crippen LogP contribution in [0.15, 0.2) is 0 Å². The van der Waals surface area contributed by atoms with Crippen LogP contribution in [-0.2, 0) is 14.6 Å². The highest BCUT2D eigenvalue weighted by atomic mass is 32.2. The zero-order valence-corrected chi connectivity index (χ0v) is 13.4. The Labute approximate surface area is 122 Å². The van der Waals surface area contributed by atoms with Crippen LogP contribution in [0.1, 0.15) is 46.0 Å². The topological polar surface area (TPSA) is 74.7 Å². The van der Waals surface area contributed by atoms with E-state index in [1.54, 1.807) is 0 Å². The molecule has 1 saturated heterocycles. The van der Waals surface area contributed by atoms with Crippen LogP contribution in [0, 0.1) is 5.41 Å². The van der Waals surface area contributed by atoms with Gasteiger partial charge in [-0.1, -0.05) is 20.3 Å². The normalized spacial score (nSPS) is 19.9. The Morgan fingerprint density at radius 1 is 1.15 bits per heavy atom. The van der Waals surface area contributed by atoms with Gasteiger partial charge in [0, 0.05) is 12.3 Å². The zero-order valence-electron chi connectivity index (χ0n) is 12.6. The van der Waals surface area contributed by atoms with Crippen molar-refractivity contribution in [2.24, 2.45) is 5.41 Å². The van der Waals surface area contributed by atoms with Crippen LogP contribution in [-0.4, -0.2) is 55.5 Å². The highest BCUT2D eigenvalue weighted by Gasteiger charge is 2.40. The second kappa shape index (κ2) is 7.41. The number of carboxylic acids is 1. The molecule has 0 aliphatic carbocycles. The van der Waals surface area contributed by atoms with Crippen molar-refractivity contribution in [3.05, 3.63) is 0 Å². The van der Waals surface area contributed by atoms with E-state index in [9.17, 15) is 18.3 Å². The SMILES string of the molecule is CCCC1(C(=O)O)CCN(CCS(=O)(=O)CCC)CC1. The number of rotatable bonds is 8. The van der Waals surface area contributed by atoms with E-state index in [0.29, 0.717) is 45.3 Å². The number of carboxylic acid groups (broad SMARTS) is 1. The highest BCUT2D eigenvalue weighted by molar-refractivity contribution is 7.91. The van der Waals surface area contributed by atoms with Crippen LogP contribution in [0.4, 0.5) is 0 Å². The second-order valence-electron chi connectivity index (χ2n) is 5.83. The molecule has 0 unspecified atom stereocenters. The van der Waals surface area contributed by atoms with Crippen LogP contribution in [0.3, 0.4) is 0 Å². The Bertz CT molecular complexity index is 411. The average Bonchev–Trinajstić information content (AvgIpc) is 2.38. The van der Waals surface area contributed by atoms with Gasteiger partial charge in [-0.15, -0.1) is 0 Å². The van der Waals surface area contributed by atoms with Gasteiger partial charge in [0.25, 0.3) is 0 Å². The number of sulfone groups is 1. The second-order valence-corrected chi connectivity index (χ2v) is 8.13. The summed E-state index contributed by atoms with van der Waals surface area (Å²) in [6.07, 6.45) is 3.50. The minimum absolute atomic E-state index is 0.189. The lowest BCUT2D eigenvalue weighted by atomic mass is 9.75. The molecule has 118 valence electrons. The van der Waals surface area contributed by atoms with Gasteiger partial charge in [0.05, 0.1) is 11.2 Å². The van der Waals surface area contributed by atoms with Gasteiger partial charge in [-0.25, -0.2) is 8.42 Å². The van der Waals surface area contributed by atoms with Crippen molar-refractivity contribution in [1.82, 2.24) is 4.90 Å². The molecule has 0 aromatic heterocycles. The molecular formula is C14H27NO4S. The van der Waals surface area contributed by atoms with E-state index in [-0.39, 0.29) is 11.5 Å². The van der Waals surface area contributed by atoms with Crippen molar-refractivity contribution in [3.8, 4) is 0 Å². The maximum absolute atomic E-state index is 11.7. The monoisotopic (exact) mass is 305 g/mol. The summed E-state index contributed by atoms with van der Waals surface area (Å²) in [6, 6.07) is 0. The van der Waals surface area contributed by atoms with Crippen molar-refractivity contribution < 1.29 is 18.3 Å². The first-order valence-corrected chi connectivity index (χ1v) is 9.33. The standard InChI is InChI=1S/C14H27NO4S/c1-3-5-14(13(16)17)6-8-15(9-7-14)10-12-20(18,19)11-4-2/h3-12H2,1-2H3,(H,16,17). The Balaban J connectivity index is 2.48. The molecule has 5 nitrogen and oxygen atoms in total. The quantitative estimate of drug-likeness (QED) is 0.740. The molecular weight excluding hydrogens is 278 g/mol. The molecule has 0 bridgehead atoms. The molecule has 1 aliphatic heterocycles. The maximum atomic E-state index is 11.7. The Hall–Kier alpha value is -0.620. The Morgan fingerprint density at radius 3 is 2.20 bits per heavy atom. The molecule has 1 aliphatic rings. The van der Waals surface area contributed by atoms with E-state index in [1.165, 1.54) is 0 Å². The van der Waals surface area contributed by atoms with Crippen LogP contribution in [0.25, 0.3) is 0 Å². The van der Waals surface area contributed by atoms with Crippen LogP contribution >= 0.6 is 0 Å². The molecule has 0 aromatic rings. The number of hydrogen-bond acceptors (Lipinski definition) is 4. The van der Waals surface area contributed by atoms with Gasteiger partial charge in [-0.3, -0.25) is 4.79 Å². The van der Waals surface area contributed by atoms with Crippen molar-refractivity contribution >= 4 is 15.8 Å². The third-order valence-corrected chi connectivity index (χ3v) is 6.06. The van der Waals surface area contributed by atoms with E-state index in [2.05, 4.69) is 4.90 Å². The lowest BCUT2D eigenvalue weighted by molar-refractivity contribution is -0.152. The largest absolute Gasteiger partial charge is 0.481 e. The molecule has 0 atom stereocenters. The third-order valence-electron chi connectivity index (χ3n) is 4.23. The molecule has 0 spiro atoms. The lowest BCUT2D eigenvalue weighted by Crippen LogP contribution is -2.45. The maximum Gasteiger partial charge on any atom is 0.309 e. The predicted molar refractivity (Wildman–Crippen MR) is 79.6 cm³/mol. The Kier molecular flexibility index (Phi) is 6.45. The molecule has 6 heteroatoms. The molecule has 1 N–H and O–H groups in total. The van der Waals surface area contributed by atoms with E-state index < -0.39 is 21.2 Å². The summed E-state index contributed by atoms with van der Waals surface area (Å²) in [5.41, 5.74) is -0.590. The van der Waals surface area contributed by atoms with Crippen molar-refractivity contribution in [1.29, 1.82) is 0 Å². The molecule has 0 saturated carbocycles. The molecule has 0 radical (unpaired) electrons. The smallest absolute Gasteiger partial charge is 0.309 e. The first-order valence-electron chi connectivity index (χ1n) is 7.51. The fraction of sp³-hybridized carbons (Fsp3) is 0.929. The van der Waals surface area contributed by atoms with Crippen LogP contribution in [0.5, 0.6) is 0 Å². The molecule has 1 fully saturated rings. The van der Waals surface area contributed by atoms with Crippen LogP contribution < -0.4 is 0 Å². The third kappa shape index (κ3) is 4.74. The number of hydrogen-bond donors (Lipinski definition) is 1. The van der Waals surface area contributed by atoms with Gasteiger partial charge in [-0.05, 0) is 38.8 Å². The molecule has 0 aromatic carbocycles. The molecule has 0 amide bonds. The van der Waals surface area contributed by atoms with Gasteiger partial charge in [-0.2, -0.15) is 0 Å². The summed E-state index contributed by atoms with van der Waals surface area (Å²) in [7, 11) is -2.94. The highest BCUT2D eigenvalue weighted by Crippen LogP contribution is 2.36. The van der Waals surface area contributed by atoms with Crippen molar-refractivity contribution in [2.75, 3.05) is 31.1 Å². The molecule has 20 heavy (non-hydrogen) atoms. The Morgan fingerprint density at radius 2 is 1.75 bits per heavy atom. The van der Waals surface area contributed by atoms with E-state index in [1.807, 2.05) is 13.8 Å². The van der Waals surface area contributed by atoms with Crippen LogP contribution in [0.2, 0.25) is 0 Å². The van der Waals surface area contributed by atoms with E-state index >= 15 is 0 Å². The predicted octanol–water partition coefficient (Wildman–Crippen LogP) is 1.78. The van der Waals surface area contributed by atoms with Gasteiger partial charge in [0.1, 0.15) is 0 Å². The zero-order chi connectivity index (χ0) is 15.2. The van der Waals surface area contributed by atoms with E-state index in [0.717, 1.165) is 6.42 Å². The fourth-order valence-corrected chi connectivity index (χ4v) is 4.30. The molecule has 1 rings (SSSR count). The first kappa shape index (κ1) is 17.4. The first-order chi connectivity index (χ1) is 9.35. The van der Waals surface area contributed by atoms with Gasteiger partial charge < -0.3 is 10.0 Å². The summed E-state index contributed by atoms with van der Waals surface area (Å²) in [5, 5.41) is 9.42. The van der Waals surface area contributed by atoms with Gasteiger partial charge in [0.15, 0.2) is 9.84 Å². The number of aliphatic carboxylic acids is 1. The molecule has 1 heterocycles. The number of carbonyl (C=O) groups is 1. The minimum Gasteiger partial charge on any atom is -0.481 e. The average molecular weight is 305 g/mol. The summed E-state index contributed by atoms with van der Waals surface area (Å²) in [6.45, 7) is 5.78.